The van der Waals surface area contributed by atoms with Crippen LogP contribution in [-0.2, 0) is 4.79 Å². The van der Waals surface area contributed by atoms with Gasteiger partial charge in [0, 0.05) is 10.6 Å². The number of hydrogen-bond acceptors (Lipinski definition) is 5. The monoisotopic (exact) mass is 415 g/mol. The minimum absolute atomic E-state index is 0.0218. The molecule has 0 radical (unpaired) electrons. The Morgan fingerprint density at radius 2 is 2.00 bits per heavy atom. The van der Waals surface area contributed by atoms with Crippen molar-refractivity contribution >= 4 is 29.3 Å². The van der Waals surface area contributed by atoms with Crippen LogP contribution in [0.2, 0.25) is 5.02 Å². The number of hydrogen-bond donors (Lipinski definition) is 2. The number of carbonyl (C=O) groups is 1. The van der Waals surface area contributed by atoms with Crippen LogP contribution in [0.1, 0.15) is 30.5 Å². The van der Waals surface area contributed by atoms with Crippen molar-refractivity contribution in [3.63, 3.8) is 0 Å². The van der Waals surface area contributed by atoms with Crippen LogP contribution in [-0.4, -0.2) is 26.5 Å². The molecule has 1 aromatic heterocycles. The summed E-state index contributed by atoms with van der Waals surface area (Å²) in [5.41, 5.74) is 3.05. The van der Waals surface area contributed by atoms with E-state index in [1.807, 2.05) is 50.2 Å². The van der Waals surface area contributed by atoms with Gasteiger partial charge in [-0.2, -0.15) is 0 Å². The van der Waals surface area contributed by atoms with Gasteiger partial charge >= 0.3 is 0 Å². The van der Waals surface area contributed by atoms with Crippen LogP contribution >= 0.6 is 23.4 Å². The summed E-state index contributed by atoms with van der Waals surface area (Å²) in [6.07, 6.45) is 0.811. The molecule has 28 heavy (non-hydrogen) atoms. The Bertz CT molecular complexity index is 957. The molecule has 3 N–H and O–H groups in total. The number of thioether (sulfide) groups is 1. The first-order valence-corrected chi connectivity index (χ1v) is 10.3. The molecule has 0 spiro atoms. The minimum Gasteiger partial charge on any atom is -0.349 e. The number of nitrogens with zero attached hydrogens (tertiary/aromatic N) is 3. The highest BCUT2D eigenvalue weighted by Crippen LogP contribution is 2.24. The molecule has 0 saturated carbocycles. The molecule has 8 heteroatoms. The standard InChI is InChI=1S/C20H22ClN5OS/c1-3-17(14-9-7-13(2)8-10-14)23-18(27)12-28-20-25-24-19(26(20)22)15-5-4-6-16(21)11-15/h4-11,17H,3,12,22H2,1-2H3,(H,23,27)/t17-/m1/s1. The van der Waals surface area contributed by atoms with Gasteiger partial charge in [0.1, 0.15) is 0 Å². The Hall–Kier alpha value is -2.51. The Balaban J connectivity index is 1.62. The van der Waals surface area contributed by atoms with Crippen molar-refractivity contribution in [1.29, 1.82) is 0 Å². The van der Waals surface area contributed by atoms with Gasteiger partial charge < -0.3 is 11.2 Å². The molecule has 1 heterocycles. The summed E-state index contributed by atoms with van der Waals surface area (Å²) in [6.45, 7) is 4.09. The van der Waals surface area contributed by atoms with Gasteiger partial charge in [-0.25, -0.2) is 4.68 Å². The largest absolute Gasteiger partial charge is 0.349 e. The SMILES string of the molecule is CC[C@@H](NC(=O)CSc1nnc(-c2cccc(Cl)c2)n1N)c1ccc(C)cc1. The van der Waals surface area contributed by atoms with E-state index in [4.69, 9.17) is 17.4 Å². The summed E-state index contributed by atoms with van der Waals surface area (Å²) >= 11 is 7.27. The lowest BCUT2D eigenvalue weighted by molar-refractivity contribution is -0.119. The van der Waals surface area contributed by atoms with Crippen molar-refractivity contribution in [1.82, 2.24) is 20.2 Å². The second-order valence-corrected chi connectivity index (χ2v) is 7.79. The van der Waals surface area contributed by atoms with Crippen LogP contribution in [0.5, 0.6) is 0 Å². The molecule has 3 aromatic rings. The predicted octanol–water partition coefficient (Wildman–Crippen LogP) is 3.98. The first-order chi connectivity index (χ1) is 13.5. The molecule has 3 rings (SSSR count). The number of nitrogens with two attached hydrogens (primary N) is 1. The maximum absolute atomic E-state index is 12.4. The number of aromatic nitrogens is 3. The maximum atomic E-state index is 12.4. The van der Waals surface area contributed by atoms with E-state index in [1.165, 1.54) is 22.0 Å². The van der Waals surface area contributed by atoms with Gasteiger partial charge in [0.05, 0.1) is 11.8 Å². The zero-order valence-corrected chi connectivity index (χ0v) is 17.3. The highest BCUT2D eigenvalue weighted by molar-refractivity contribution is 7.99. The van der Waals surface area contributed by atoms with Gasteiger partial charge in [0.25, 0.3) is 0 Å². The van der Waals surface area contributed by atoms with E-state index in [9.17, 15) is 4.79 Å². The van der Waals surface area contributed by atoms with Gasteiger partial charge in [-0.15, -0.1) is 10.2 Å². The van der Waals surface area contributed by atoms with Crippen molar-refractivity contribution in [2.75, 3.05) is 11.6 Å². The first-order valence-electron chi connectivity index (χ1n) is 8.93. The Kier molecular flexibility index (Phi) is 6.59. The van der Waals surface area contributed by atoms with Gasteiger partial charge in [-0.1, -0.05) is 72.2 Å². The fraction of sp³-hybridized carbons (Fsp3) is 0.250. The smallest absolute Gasteiger partial charge is 0.230 e. The van der Waals surface area contributed by atoms with E-state index in [-0.39, 0.29) is 17.7 Å². The number of carbonyl (C=O) groups excluding carboxylic acids is 1. The molecule has 1 atom stereocenters. The number of rotatable bonds is 7. The molecular weight excluding hydrogens is 394 g/mol. The van der Waals surface area contributed by atoms with Gasteiger partial charge in [0.15, 0.2) is 5.82 Å². The van der Waals surface area contributed by atoms with Crippen molar-refractivity contribution in [2.45, 2.75) is 31.5 Å². The summed E-state index contributed by atoms with van der Waals surface area (Å²) in [5, 5.41) is 12.3. The van der Waals surface area contributed by atoms with E-state index in [0.29, 0.717) is 16.0 Å². The second-order valence-electron chi connectivity index (χ2n) is 6.41. The lowest BCUT2D eigenvalue weighted by Gasteiger charge is -2.17. The van der Waals surface area contributed by atoms with E-state index < -0.39 is 0 Å². The van der Waals surface area contributed by atoms with Crippen LogP contribution in [0.25, 0.3) is 11.4 Å². The fourth-order valence-corrected chi connectivity index (χ4v) is 3.64. The normalized spacial score (nSPS) is 12.0. The number of benzene rings is 2. The summed E-state index contributed by atoms with van der Waals surface area (Å²) < 4.78 is 1.38. The van der Waals surface area contributed by atoms with Crippen molar-refractivity contribution in [2.24, 2.45) is 0 Å². The average Bonchev–Trinajstić information content (AvgIpc) is 3.06. The van der Waals surface area contributed by atoms with Crippen LogP contribution in [0, 0.1) is 6.92 Å². The Labute approximate surface area is 173 Å². The van der Waals surface area contributed by atoms with Crippen LogP contribution in [0.4, 0.5) is 0 Å². The summed E-state index contributed by atoms with van der Waals surface area (Å²) in [4.78, 5) is 12.4. The predicted molar refractivity (Wildman–Crippen MR) is 114 cm³/mol. The third-order valence-corrected chi connectivity index (χ3v) is 5.48. The van der Waals surface area contributed by atoms with E-state index in [2.05, 4.69) is 15.5 Å². The lowest BCUT2D eigenvalue weighted by atomic mass is 10.0. The minimum atomic E-state index is -0.0790. The second kappa shape index (κ2) is 9.12. The number of aryl methyl sites for hydroxylation is 1. The molecule has 0 saturated heterocycles. The van der Waals surface area contributed by atoms with Crippen LogP contribution < -0.4 is 11.2 Å². The molecule has 146 valence electrons. The maximum Gasteiger partial charge on any atom is 0.230 e. The lowest BCUT2D eigenvalue weighted by Crippen LogP contribution is -2.29. The summed E-state index contributed by atoms with van der Waals surface area (Å²) in [5.74, 6) is 6.72. The molecule has 0 aliphatic rings. The first kappa shape index (κ1) is 20.2. The van der Waals surface area contributed by atoms with Gasteiger partial charge in [-0.05, 0) is 31.0 Å². The molecule has 0 aliphatic heterocycles. The quantitative estimate of drug-likeness (QED) is 0.450. The van der Waals surface area contributed by atoms with Crippen molar-refractivity contribution < 1.29 is 4.79 Å². The molecule has 6 nitrogen and oxygen atoms in total. The van der Waals surface area contributed by atoms with E-state index in [1.54, 1.807) is 12.1 Å². The number of halogens is 1. The highest BCUT2D eigenvalue weighted by atomic mass is 35.5. The number of nitrogen functional groups attached to an aromatic ring is 1. The fourth-order valence-electron chi connectivity index (χ4n) is 2.79. The number of nitrogens with one attached hydrogen (secondary N) is 1. The molecular formula is C20H22ClN5OS. The van der Waals surface area contributed by atoms with Crippen molar-refractivity contribution in [3.05, 3.63) is 64.7 Å². The zero-order chi connectivity index (χ0) is 20.1. The van der Waals surface area contributed by atoms with E-state index in [0.717, 1.165) is 17.5 Å². The van der Waals surface area contributed by atoms with Crippen LogP contribution in [0.15, 0.2) is 53.7 Å². The topological polar surface area (TPSA) is 85.8 Å². The molecule has 0 aliphatic carbocycles. The van der Waals surface area contributed by atoms with Gasteiger partial charge in [-0.3, -0.25) is 4.79 Å². The van der Waals surface area contributed by atoms with Gasteiger partial charge in [0.2, 0.25) is 11.1 Å². The summed E-state index contributed by atoms with van der Waals surface area (Å²) in [7, 11) is 0. The Morgan fingerprint density at radius 3 is 2.68 bits per heavy atom. The highest BCUT2D eigenvalue weighted by Gasteiger charge is 2.16. The third kappa shape index (κ3) is 4.85. The molecule has 1 amide bonds. The summed E-state index contributed by atoms with van der Waals surface area (Å²) in [6, 6.07) is 15.4. The van der Waals surface area contributed by atoms with E-state index >= 15 is 0 Å². The van der Waals surface area contributed by atoms with Crippen molar-refractivity contribution in [3.8, 4) is 11.4 Å². The third-order valence-electron chi connectivity index (χ3n) is 4.30. The molecule has 0 fully saturated rings. The molecule has 0 unspecified atom stereocenters. The zero-order valence-electron chi connectivity index (χ0n) is 15.7. The molecule has 0 bridgehead atoms. The average molecular weight is 416 g/mol. The van der Waals surface area contributed by atoms with Crippen LogP contribution in [0.3, 0.4) is 0 Å². The number of amides is 1. The molecule has 2 aromatic carbocycles. The Morgan fingerprint density at radius 1 is 1.25 bits per heavy atom.